The molecule has 3 rings (SSSR count). The van der Waals surface area contributed by atoms with Crippen molar-refractivity contribution in [2.45, 2.75) is 38.6 Å². The Labute approximate surface area is 112 Å². The molecule has 0 aliphatic heterocycles. The second-order valence-corrected chi connectivity index (χ2v) is 5.44. The topological polar surface area (TPSA) is 43.8 Å². The smallest absolute Gasteiger partial charge is 0.132 e. The van der Waals surface area contributed by atoms with E-state index in [1.54, 1.807) is 12.1 Å². The summed E-state index contributed by atoms with van der Waals surface area (Å²) in [5.74, 6) is 1.56. The maximum Gasteiger partial charge on any atom is 0.132 e. The van der Waals surface area contributed by atoms with Gasteiger partial charge in [0.1, 0.15) is 23.2 Å². The Morgan fingerprint density at radius 1 is 1.32 bits per heavy atom. The van der Waals surface area contributed by atoms with Crippen molar-refractivity contribution in [2.75, 3.05) is 5.73 Å². The first kappa shape index (κ1) is 12.2. The SMILES string of the molecule is CC(C)c1nc(-c2ccccc2F)c(N)n1C1CC1. The van der Waals surface area contributed by atoms with Crippen LogP contribution in [-0.2, 0) is 0 Å². The van der Waals surface area contributed by atoms with Crippen molar-refractivity contribution in [3.05, 3.63) is 35.9 Å². The summed E-state index contributed by atoms with van der Waals surface area (Å²) in [4.78, 5) is 4.60. The minimum absolute atomic E-state index is 0.273. The van der Waals surface area contributed by atoms with Crippen LogP contribution < -0.4 is 5.73 Å². The number of imidazole rings is 1. The zero-order valence-electron chi connectivity index (χ0n) is 11.2. The Balaban J connectivity index is 2.17. The molecule has 1 saturated carbocycles. The molecule has 4 heteroatoms. The standard InChI is InChI=1S/C15H18FN3/c1-9(2)15-18-13(11-5-3-4-6-12(11)16)14(17)19(15)10-7-8-10/h3-6,9-10H,7-8,17H2,1-2H3. The first-order chi connectivity index (χ1) is 9.09. The number of halogens is 1. The lowest BCUT2D eigenvalue weighted by Crippen LogP contribution is -2.06. The van der Waals surface area contributed by atoms with Crippen molar-refractivity contribution >= 4 is 5.82 Å². The lowest BCUT2D eigenvalue weighted by molar-refractivity contribution is 0.630. The van der Waals surface area contributed by atoms with Crippen molar-refractivity contribution in [3.8, 4) is 11.3 Å². The van der Waals surface area contributed by atoms with Gasteiger partial charge in [-0.2, -0.15) is 0 Å². The number of benzene rings is 1. The van der Waals surface area contributed by atoms with E-state index in [9.17, 15) is 4.39 Å². The van der Waals surface area contributed by atoms with E-state index in [4.69, 9.17) is 5.73 Å². The number of rotatable bonds is 3. The molecule has 2 aromatic rings. The summed E-state index contributed by atoms with van der Waals surface area (Å²) in [6, 6.07) is 7.11. The molecule has 1 heterocycles. The highest BCUT2D eigenvalue weighted by molar-refractivity contribution is 5.71. The van der Waals surface area contributed by atoms with Crippen LogP contribution >= 0.6 is 0 Å². The zero-order chi connectivity index (χ0) is 13.6. The largest absolute Gasteiger partial charge is 0.383 e. The van der Waals surface area contributed by atoms with Gasteiger partial charge in [0.15, 0.2) is 0 Å². The van der Waals surface area contributed by atoms with Crippen LogP contribution in [0.5, 0.6) is 0 Å². The van der Waals surface area contributed by atoms with E-state index in [0.717, 1.165) is 18.7 Å². The van der Waals surface area contributed by atoms with Crippen molar-refractivity contribution in [1.82, 2.24) is 9.55 Å². The van der Waals surface area contributed by atoms with Gasteiger partial charge >= 0.3 is 0 Å². The average Bonchev–Trinajstić information content (AvgIpc) is 3.14. The molecule has 0 unspecified atom stereocenters. The normalized spacial score (nSPS) is 15.2. The molecule has 1 aliphatic rings. The molecule has 100 valence electrons. The summed E-state index contributed by atoms with van der Waals surface area (Å²) >= 11 is 0. The quantitative estimate of drug-likeness (QED) is 0.912. The number of nitrogens with zero attached hydrogens (tertiary/aromatic N) is 2. The van der Waals surface area contributed by atoms with E-state index in [-0.39, 0.29) is 11.7 Å². The average molecular weight is 259 g/mol. The van der Waals surface area contributed by atoms with Gasteiger partial charge in [-0.15, -0.1) is 0 Å². The van der Waals surface area contributed by atoms with E-state index in [2.05, 4.69) is 23.4 Å². The molecule has 0 radical (unpaired) electrons. The highest BCUT2D eigenvalue weighted by Crippen LogP contribution is 2.42. The number of hydrogen-bond acceptors (Lipinski definition) is 2. The van der Waals surface area contributed by atoms with E-state index in [1.165, 1.54) is 6.07 Å². The highest BCUT2D eigenvalue weighted by atomic mass is 19.1. The molecule has 0 spiro atoms. The van der Waals surface area contributed by atoms with Crippen LogP contribution in [-0.4, -0.2) is 9.55 Å². The van der Waals surface area contributed by atoms with E-state index in [0.29, 0.717) is 23.1 Å². The molecule has 0 saturated heterocycles. The molecule has 0 atom stereocenters. The van der Waals surface area contributed by atoms with Crippen molar-refractivity contribution in [3.63, 3.8) is 0 Å². The minimum Gasteiger partial charge on any atom is -0.383 e. The Morgan fingerprint density at radius 3 is 2.58 bits per heavy atom. The predicted octanol–water partition coefficient (Wildman–Crippen LogP) is 3.73. The van der Waals surface area contributed by atoms with Gasteiger partial charge in [0, 0.05) is 17.5 Å². The van der Waals surface area contributed by atoms with Gasteiger partial charge in [-0.25, -0.2) is 9.37 Å². The molecule has 0 amide bonds. The first-order valence-corrected chi connectivity index (χ1v) is 6.72. The summed E-state index contributed by atoms with van der Waals surface area (Å²) in [7, 11) is 0. The summed E-state index contributed by atoms with van der Waals surface area (Å²) < 4.78 is 16.0. The van der Waals surface area contributed by atoms with Gasteiger partial charge in [0.25, 0.3) is 0 Å². The van der Waals surface area contributed by atoms with Crippen LogP contribution in [0.1, 0.15) is 44.5 Å². The van der Waals surface area contributed by atoms with Crippen LogP contribution in [0.15, 0.2) is 24.3 Å². The number of aromatic nitrogens is 2. The minimum atomic E-state index is -0.273. The Hall–Kier alpha value is -1.84. The summed E-state index contributed by atoms with van der Waals surface area (Å²) in [6.45, 7) is 4.18. The fraction of sp³-hybridized carbons (Fsp3) is 0.400. The van der Waals surface area contributed by atoms with E-state index >= 15 is 0 Å². The second kappa shape index (κ2) is 4.37. The number of hydrogen-bond donors (Lipinski definition) is 1. The Kier molecular flexibility index (Phi) is 2.81. The van der Waals surface area contributed by atoms with Crippen LogP contribution in [0, 0.1) is 5.82 Å². The van der Waals surface area contributed by atoms with Crippen molar-refractivity contribution in [1.29, 1.82) is 0 Å². The number of anilines is 1. The third-order valence-corrected chi connectivity index (χ3v) is 3.53. The van der Waals surface area contributed by atoms with Crippen molar-refractivity contribution in [2.24, 2.45) is 0 Å². The third kappa shape index (κ3) is 2.01. The first-order valence-electron chi connectivity index (χ1n) is 6.72. The maximum atomic E-state index is 13.9. The number of nitrogens with two attached hydrogens (primary N) is 1. The fourth-order valence-corrected chi connectivity index (χ4v) is 2.44. The maximum absolute atomic E-state index is 13.9. The molecule has 1 aromatic heterocycles. The van der Waals surface area contributed by atoms with Crippen LogP contribution in [0.25, 0.3) is 11.3 Å². The molecule has 1 aromatic carbocycles. The van der Waals surface area contributed by atoms with E-state index in [1.807, 2.05) is 6.07 Å². The molecule has 2 N–H and O–H groups in total. The van der Waals surface area contributed by atoms with E-state index < -0.39 is 0 Å². The highest BCUT2D eigenvalue weighted by Gasteiger charge is 2.31. The molecular formula is C15H18FN3. The molecule has 0 bridgehead atoms. The van der Waals surface area contributed by atoms with Crippen LogP contribution in [0.2, 0.25) is 0 Å². The molecule has 3 nitrogen and oxygen atoms in total. The van der Waals surface area contributed by atoms with Gasteiger partial charge in [0.05, 0.1) is 0 Å². The second-order valence-electron chi connectivity index (χ2n) is 5.44. The van der Waals surface area contributed by atoms with Gasteiger partial charge in [-0.05, 0) is 25.0 Å². The van der Waals surface area contributed by atoms with Crippen LogP contribution in [0.4, 0.5) is 10.2 Å². The molecule has 19 heavy (non-hydrogen) atoms. The Bertz CT molecular complexity index is 612. The predicted molar refractivity (Wildman–Crippen MR) is 74.4 cm³/mol. The number of nitrogen functional groups attached to an aromatic ring is 1. The van der Waals surface area contributed by atoms with Gasteiger partial charge in [-0.1, -0.05) is 26.0 Å². The zero-order valence-corrected chi connectivity index (χ0v) is 11.2. The third-order valence-electron chi connectivity index (χ3n) is 3.53. The lowest BCUT2D eigenvalue weighted by Gasteiger charge is -2.10. The van der Waals surface area contributed by atoms with Gasteiger partial charge < -0.3 is 10.3 Å². The molecular weight excluding hydrogens is 241 g/mol. The summed E-state index contributed by atoms with van der Waals surface area (Å²) in [6.07, 6.45) is 2.27. The lowest BCUT2D eigenvalue weighted by atomic mass is 10.1. The fourth-order valence-electron chi connectivity index (χ4n) is 2.44. The van der Waals surface area contributed by atoms with Gasteiger partial charge in [0.2, 0.25) is 0 Å². The Morgan fingerprint density at radius 2 is 2.00 bits per heavy atom. The summed E-state index contributed by atoms with van der Waals surface area (Å²) in [5.41, 5.74) is 7.28. The van der Waals surface area contributed by atoms with Gasteiger partial charge in [-0.3, -0.25) is 0 Å². The van der Waals surface area contributed by atoms with Crippen LogP contribution in [0.3, 0.4) is 0 Å². The summed E-state index contributed by atoms with van der Waals surface area (Å²) in [5, 5.41) is 0. The molecule has 1 aliphatic carbocycles. The monoisotopic (exact) mass is 259 g/mol. The van der Waals surface area contributed by atoms with Crippen molar-refractivity contribution < 1.29 is 4.39 Å². The molecule has 1 fully saturated rings.